The maximum absolute atomic E-state index is 12.5. The van der Waals surface area contributed by atoms with Gasteiger partial charge in [-0.3, -0.25) is 9.59 Å². The van der Waals surface area contributed by atoms with E-state index in [1.807, 2.05) is 23.9 Å². The highest BCUT2D eigenvalue weighted by Crippen LogP contribution is 2.31. The number of benzene rings is 1. The van der Waals surface area contributed by atoms with Gasteiger partial charge in [-0.25, -0.2) is 0 Å². The molecule has 3 heteroatoms. The Kier molecular flexibility index (Phi) is 3.62. The number of carbonyl (C=O) groups is 2. The number of hydrogen-bond donors (Lipinski definition) is 0. The summed E-state index contributed by atoms with van der Waals surface area (Å²) < 4.78 is 0. The van der Waals surface area contributed by atoms with Gasteiger partial charge in [-0.15, -0.1) is 11.8 Å². The molecule has 1 aromatic carbocycles. The molecule has 1 aliphatic heterocycles. The third kappa shape index (κ3) is 2.27. The first kappa shape index (κ1) is 13.4. The molecule has 20 heavy (non-hydrogen) atoms. The van der Waals surface area contributed by atoms with E-state index in [1.54, 1.807) is 19.1 Å². The third-order valence-corrected chi connectivity index (χ3v) is 4.98. The average molecular weight is 284 g/mol. The Morgan fingerprint density at radius 2 is 1.85 bits per heavy atom. The van der Waals surface area contributed by atoms with E-state index in [4.69, 9.17) is 0 Å². The predicted octanol–water partition coefficient (Wildman–Crippen LogP) is 4.04. The van der Waals surface area contributed by atoms with Crippen LogP contribution < -0.4 is 0 Å². The molecule has 0 saturated carbocycles. The SMILES string of the molecule is CC1=C(CCC2C=CSC2)C(=O)c2ccccc2C1=O. The molecule has 1 heterocycles. The molecule has 0 saturated heterocycles. The maximum Gasteiger partial charge on any atom is 0.190 e. The highest BCUT2D eigenvalue weighted by molar-refractivity contribution is 8.02. The van der Waals surface area contributed by atoms with Crippen LogP contribution in [0.4, 0.5) is 0 Å². The highest BCUT2D eigenvalue weighted by Gasteiger charge is 2.29. The van der Waals surface area contributed by atoms with Crippen molar-refractivity contribution in [3.8, 4) is 0 Å². The van der Waals surface area contributed by atoms with Crippen LogP contribution in [0.3, 0.4) is 0 Å². The molecule has 1 aromatic rings. The number of ketones is 2. The van der Waals surface area contributed by atoms with Crippen LogP contribution in [0.15, 0.2) is 46.9 Å². The van der Waals surface area contributed by atoms with Crippen molar-refractivity contribution in [3.63, 3.8) is 0 Å². The van der Waals surface area contributed by atoms with E-state index in [9.17, 15) is 9.59 Å². The van der Waals surface area contributed by atoms with Gasteiger partial charge in [0.05, 0.1) is 0 Å². The first-order valence-electron chi connectivity index (χ1n) is 6.85. The van der Waals surface area contributed by atoms with Gasteiger partial charge in [0.15, 0.2) is 11.6 Å². The topological polar surface area (TPSA) is 34.1 Å². The summed E-state index contributed by atoms with van der Waals surface area (Å²) in [4.78, 5) is 24.9. The number of carbonyl (C=O) groups excluding carboxylic acids is 2. The molecular formula is C17H16O2S. The molecule has 2 nitrogen and oxygen atoms in total. The summed E-state index contributed by atoms with van der Waals surface area (Å²) in [5, 5.41) is 2.12. The van der Waals surface area contributed by atoms with Crippen LogP contribution >= 0.6 is 11.8 Å². The lowest BCUT2D eigenvalue weighted by Gasteiger charge is -2.19. The largest absolute Gasteiger partial charge is 0.289 e. The molecule has 1 unspecified atom stereocenters. The van der Waals surface area contributed by atoms with E-state index >= 15 is 0 Å². The van der Waals surface area contributed by atoms with Crippen LogP contribution in [0.25, 0.3) is 0 Å². The molecular weight excluding hydrogens is 268 g/mol. The van der Waals surface area contributed by atoms with Crippen LogP contribution in [0, 0.1) is 5.92 Å². The third-order valence-electron chi connectivity index (χ3n) is 4.01. The number of fused-ring (bicyclic) bond motifs is 1. The first-order chi connectivity index (χ1) is 9.68. The normalized spacial score (nSPS) is 21.6. The van der Waals surface area contributed by atoms with E-state index in [2.05, 4.69) is 11.5 Å². The van der Waals surface area contributed by atoms with Crippen molar-refractivity contribution in [2.45, 2.75) is 19.8 Å². The summed E-state index contributed by atoms with van der Waals surface area (Å²) in [6, 6.07) is 7.13. The van der Waals surface area contributed by atoms with Crippen LogP contribution in [-0.2, 0) is 0 Å². The minimum Gasteiger partial charge on any atom is -0.289 e. The van der Waals surface area contributed by atoms with Gasteiger partial charge in [0, 0.05) is 28.0 Å². The Morgan fingerprint density at radius 1 is 1.15 bits per heavy atom. The summed E-state index contributed by atoms with van der Waals surface area (Å²) in [7, 11) is 0. The second-order valence-corrected chi connectivity index (χ2v) is 6.21. The second-order valence-electron chi connectivity index (χ2n) is 5.27. The molecule has 3 rings (SSSR count). The molecule has 1 aliphatic carbocycles. The molecule has 0 radical (unpaired) electrons. The summed E-state index contributed by atoms with van der Waals surface area (Å²) >= 11 is 1.81. The lowest BCUT2D eigenvalue weighted by atomic mass is 9.82. The van der Waals surface area contributed by atoms with Gasteiger partial charge in [0.25, 0.3) is 0 Å². The Hall–Kier alpha value is -1.61. The summed E-state index contributed by atoms with van der Waals surface area (Å²) in [6.45, 7) is 1.78. The van der Waals surface area contributed by atoms with Crippen molar-refractivity contribution in [1.82, 2.24) is 0 Å². The molecule has 2 aliphatic rings. The van der Waals surface area contributed by atoms with E-state index in [0.29, 0.717) is 34.6 Å². The van der Waals surface area contributed by atoms with Crippen molar-refractivity contribution in [2.75, 3.05) is 5.75 Å². The second kappa shape index (κ2) is 5.41. The number of Topliss-reactive ketones (excluding diaryl/α,β-unsaturated/α-hetero) is 2. The quantitative estimate of drug-likeness (QED) is 0.840. The fourth-order valence-electron chi connectivity index (χ4n) is 2.76. The molecule has 0 amide bonds. The molecule has 0 spiro atoms. The fourth-order valence-corrected chi connectivity index (χ4v) is 3.73. The van der Waals surface area contributed by atoms with E-state index in [-0.39, 0.29) is 11.6 Å². The zero-order valence-electron chi connectivity index (χ0n) is 11.4. The number of rotatable bonds is 3. The number of thioether (sulfide) groups is 1. The van der Waals surface area contributed by atoms with Gasteiger partial charge < -0.3 is 0 Å². The maximum atomic E-state index is 12.5. The van der Waals surface area contributed by atoms with Crippen molar-refractivity contribution >= 4 is 23.3 Å². The molecule has 1 atom stereocenters. The van der Waals surface area contributed by atoms with Crippen molar-refractivity contribution < 1.29 is 9.59 Å². The Morgan fingerprint density at radius 3 is 2.50 bits per heavy atom. The molecule has 102 valence electrons. The molecule has 0 fully saturated rings. The fraction of sp³-hybridized carbons (Fsp3) is 0.294. The van der Waals surface area contributed by atoms with Gasteiger partial charge in [-0.1, -0.05) is 30.3 Å². The van der Waals surface area contributed by atoms with Gasteiger partial charge in [-0.2, -0.15) is 0 Å². The van der Waals surface area contributed by atoms with Crippen molar-refractivity contribution in [1.29, 1.82) is 0 Å². The summed E-state index contributed by atoms with van der Waals surface area (Å²) in [5.74, 6) is 1.66. The zero-order chi connectivity index (χ0) is 14.1. The van der Waals surface area contributed by atoms with E-state index in [1.165, 1.54) is 0 Å². The molecule has 0 aromatic heterocycles. The van der Waals surface area contributed by atoms with Gasteiger partial charge in [0.2, 0.25) is 0 Å². The summed E-state index contributed by atoms with van der Waals surface area (Å²) in [6.07, 6.45) is 3.83. The zero-order valence-corrected chi connectivity index (χ0v) is 12.2. The molecule has 0 bridgehead atoms. The Labute approximate surface area is 123 Å². The average Bonchev–Trinajstić information content (AvgIpc) is 2.98. The van der Waals surface area contributed by atoms with Crippen molar-refractivity contribution in [2.24, 2.45) is 5.92 Å². The Bertz CT molecular complexity index is 640. The first-order valence-corrected chi connectivity index (χ1v) is 7.90. The smallest absolute Gasteiger partial charge is 0.190 e. The van der Waals surface area contributed by atoms with Gasteiger partial charge in [-0.05, 0) is 31.1 Å². The van der Waals surface area contributed by atoms with E-state index < -0.39 is 0 Å². The highest BCUT2D eigenvalue weighted by atomic mass is 32.2. The number of hydrogen-bond acceptors (Lipinski definition) is 3. The monoisotopic (exact) mass is 284 g/mol. The molecule has 0 N–H and O–H groups in total. The van der Waals surface area contributed by atoms with Crippen molar-refractivity contribution in [3.05, 3.63) is 58.0 Å². The van der Waals surface area contributed by atoms with Gasteiger partial charge in [0.1, 0.15) is 0 Å². The lowest BCUT2D eigenvalue weighted by molar-refractivity contribution is 0.0971. The van der Waals surface area contributed by atoms with Crippen LogP contribution in [0.5, 0.6) is 0 Å². The Balaban J connectivity index is 1.86. The standard InChI is InChI=1S/C17H16O2S/c1-11-13(7-6-12-8-9-20-10-12)17(19)15-5-3-2-4-14(15)16(11)18/h2-5,8-9,12H,6-7,10H2,1H3. The van der Waals surface area contributed by atoms with E-state index in [0.717, 1.165) is 12.2 Å². The van der Waals surface area contributed by atoms with Crippen LogP contribution in [0.1, 0.15) is 40.5 Å². The lowest BCUT2D eigenvalue weighted by Crippen LogP contribution is -2.21. The predicted molar refractivity (Wildman–Crippen MR) is 82.1 cm³/mol. The van der Waals surface area contributed by atoms with Gasteiger partial charge >= 0.3 is 0 Å². The number of allylic oxidation sites excluding steroid dienone is 3. The summed E-state index contributed by atoms with van der Waals surface area (Å²) in [5.41, 5.74) is 2.45. The minimum atomic E-state index is 0.00605. The minimum absolute atomic E-state index is 0.00605. The van der Waals surface area contributed by atoms with Crippen LogP contribution in [-0.4, -0.2) is 17.3 Å². The van der Waals surface area contributed by atoms with Crippen LogP contribution in [0.2, 0.25) is 0 Å².